The van der Waals surface area contributed by atoms with E-state index in [2.05, 4.69) is 10.6 Å². The zero-order valence-electron chi connectivity index (χ0n) is 15.6. The number of methoxy groups -OCH3 is 1. The molecule has 2 N–H and O–H groups in total. The Bertz CT molecular complexity index is 927. The number of anilines is 2. The van der Waals surface area contributed by atoms with Crippen LogP contribution in [-0.2, 0) is 22.4 Å². The van der Waals surface area contributed by atoms with Gasteiger partial charge >= 0.3 is 5.97 Å². The summed E-state index contributed by atoms with van der Waals surface area (Å²) in [4.78, 5) is 38.7. The van der Waals surface area contributed by atoms with E-state index in [9.17, 15) is 14.4 Å². The predicted octanol–water partition coefficient (Wildman–Crippen LogP) is 4.47. The molecule has 0 aliphatic heterocycles. The number of nitrogens with one attached hydrogen (secondary N) is 2. The molecule has 0 aromatic carbocycles. The Hall–Kier alpha value is -2.19. The van der Waals surface area contributed by atoms with Crippen molar-refractivity contribution in [3.05, 3.63) is 33.0 Å². The van der Waals surface area contributed by atoms with E-state index < -0.39 is 5.97 Å². The zero-order valence-corrected chi connectivity index (χ0v) is 17.3. The molecule has 0 spiro atoms. The molecule has 0 bridgehead atoms. The molecular weight excluding hydrogens is 396 g/mol. The summed E-state index contributed by atoms with van der Waals surface area (Å²) in [6.45, 7) is 0. The Morgan fingerprint density at radius 2 is 1.82 bits per heavy atom. The molecule has 0 unspecified atom stereocenters. The fourth-order valence-corrected chi connectivity index (χ4v) is 5.49. The molecule has 2 amide bonds. The van der Waals surface area contributed by atoms with Crippen molar-refractivity contribution in [2.24, 2.45) is 5.92 Å². The molecule has 2 aromatic heterocycles. The Morgan fingerprint density at radius 3 is 2.57 bits per heavy atom. The average Bonchev–Trinajstić information content (AvgIpc) is 3.41. The molecule has 148 valence electrons. The molecule has 6 nitrogen and oxygen atoms in total. The Kier molecular flexibility index (Phi) is 5.50. The highest BCUT2D eigenvalue weighted by Crippen LogP contribution is 2.38. The van der Waals surface area contributed by atoms with Crippen LogP contribution in [0.25, 0.3) is 0 Å². The fraction of sp³-hybridized carbons (Fsp3) is 0.450. The van der Waals surface area contributed by atoms with Crippen LogP contribution < -0.4 is 10.6 Å². The fourth-order valence-electron chi connectivity index (χ4n) is 3.41. The number of aryl methyl sites for hydroxylation is 1. The second kappa shape index (κ2) is 8.05. The third-order valence-corrected chi connectivity index (χ3v) is 7.27. The van der Waals surface area contributed by atoms with Crippen molar-refractivity contribution >= 4 is 50.5 Å². The summed E-state index contributed by atoms with van der Waals surface area (Å²) >= 11 is 2.71. The summed E-state index contributed by atoms with van der Waals surface area (Å²) in [5, 5.41) is 6.97. The molecule has 28 heavy (non-hydrogen) atoms. The normalized spacial score (nSPS) is 16.0. The van der Waals surface area contributed by atoms with Crippen molar-refractivity contribution in [2.75, 3.05) is 17.7 Å². The van der Waals surface area contributed by atoms with E-state index in [1.54, 1.807) is 12.1 Å². The molecular formula is C20H22N2O4S2. The predicted molar refractivity (Wildman–Crippen MR) is 111 cm³/mol. The highest BCUT2D eigenvalue weighted by molar-refractivity contribution is 7.19. The number of hydrogen-bond acceptors (Lipinski definition) is 6. The Balaban J connectivity index is 1.53. The maximum atomic E-state index is 12.7. The summed E-state index contributed by atoms with van der Waals surface area (Å²) in [5.74, 6) is -0.552. The quantitative estimate of drug-likeness (QED) is 0.554. The molecule has 0 saturated heterocycles. The number of hydrogen-bond donors (Lipinski definition) is 2. The monoisotopic (exact) mass is 418 g/mol. The van der Waals surface area contributed by atoms with Crippen molar-refractivity contribution < 1.29 is 19.1 Å². The van der Waals surface area contributed by atoms with Gasteiger partial charge in [-0.2, -0.15) is 0 Å². The van der Waals surface area contributed by atoms with E-state index in [1.807, 2.05) is 0 Å². The summed E-state index contributed by atoms with van der Waals surface area (Å²) < 4.78 is 4.98. The highest BCUT2D eigenvalue weighted by Gasteiger charge is 2.30. The van der Waals surface area contributed by atoms with Gasteiger partial charge in [0.05, 0.1) is 22.6 Å². The minimum Gasteiger partial charge on any atom is -0.465 e. The van der Waals surface area contributed by atoms with Crippen LogP contribution in [0.4, 0.5) is 10.0 Å². The lowest BCUT2D eigenvalue weighted by Gasteiger charge is -2.06. The van der Waals surface area contributed by atoms with E-state index in [1.165, 1.54) is 29.8 Å². The van der Waals surface area contributed by atoms with Crippen LogP contribution in [0.2, 0.25) is 0 Å². The van der Waals surface area contributed by atoms with Crippen LogP contribution in [0, 0.1) is 5.92 Å². The second-order valence-corrected chi connectivity index (χ2v) is 9.33. The molecule has 1 saturated carbocycles. The molecule has 2 aliphatic carbocycles. The molecule has 0 atom stereocenters. The standard InChI is InChI=1S/C20H22N2O4S2/c1-26-20(25)16-12-5-3-2-4-6-13(12)28-19(16)22-18(24)14-9-10-15(27-14)21-17(23)11-7-8-11/h9-11H,2-8H2,1H3,(H,21,23)(H,22,24). The lowest BCUT2D eigenvalue weighted by molar-refractivity contribution is -0.117. The lowest BCUT2D eigenvalue weighted by Crippen LogP contribution is -2.14. The summed E-state index contributed by atoms with van der Waals surface area (Å²) in [5.41, 5.74) is 1.52. The second-order valence-electron chi connectivity index (χ2n) is 7.14. The summed E-state index contributed by atoms with van der Waals surface area (Å²) in [6, 6.07) is 3.43. The number of esters is 1. The maximum Gasteiger partial charge on any atom is 0.341 e. The number of ether oxygens (including phenoxy) is 1. The first-order valence-electron chi connectivity index (χ1n) is 9.51. The van der Waals surface area contributed by atoms with Gasteiger partial charge in [0.15, 0.2) is 0 Å². The van der Waals surface area contributed by atoms with Gasteiger partial charge in [-0.1, -0.05) is 6.42 Å². The van der Waals surface area contributed by atoms with Gasteiger partial charge in [0.25, 0.3) is 5.91 Å². The molecule has 8 heteroatoms. The van der Waals surface area contributed by atoms with Gasteiger partial charge in [-0.05, 0) is 56.2 Å². The van der Waals surface area contributed by atoms with E-state index in [0.717, 1.165) is 55.4 Å². The van der Waals surface area contributed by atoms with Crippen LogP contribution in [-0.4, -0.2) is 24.9 Å². The van der Waals surface area contributed by atoms with Crippen molar-refractivity contribution in [3.8, 4) is 0 Å². The molecule has 2 aromatic rings. The van der Waals surface area contributed by atoms with Gasteiger partial charge in [0.2, 0.25) is 5.91 Å². The largest absolute Gasteiger partial charge is 0.465 e. The van der Waals surface area contributed by atoms with Crippen molar-refractivity contribution in [2.45, 2.75) is 44.9 Å². The van der Waals surface area contributed by atoms with Crippen LogP contribution in [0.1, 0.15) is 62.6 Å². The lowest BCUT2D eigenvalue weighted by atomic mass is 10.1. The molecule has 0 radical (unpaired) electrons. The third-order valence-electron chi connectivity index (χ3n) is 5.06. The Labute approximate surface area is 171 Å². The van der Waals surface area contributed by atoms with E-state index >= 15 is 0 Å². The number of carbonyl (C=O) groups is 3. The number of fused-ring (bicyclic) bond motifs is 1. The van der Waals surface area contributed by atoms with E-state index in [4.69, 9.17) is 4.74 Å². The smallest absolute Gasteiger partial charge is 0.341 e. The molecule has 2 heterocycles. The summed E-state index contributed by atoms with van der Waals surface area (Å²) in [6.07, 6.45) is 6.91. The highest BCUT2D eigenvalue weighted by atomic mass is 32.1. The first-order valence-corrected chi connectivity index (χ1v) is 11.1. The third kappa shape index (κ3) is 3.98. The van der Waals surface area contributed by atoms with Crippen molar-refractivity contribution in [1.82, 2.24) is 0 Å². The molecule has 2 aliphatic rings. The summed E-state index contributed by atoms with van der Waals surface area (Å²) in [7, 11) is 1.36. The SMILES string of the molecule is COC(=O)c1c(NC(=O)c2ccc(NC(=O)C3CC3)s2)sc2c1CCCCC2. The number of rotatable bonds is 5. The van der Waals surface area contributed by atoms with E-state index in [0.29, 0.717) is 20.4 Å². The number of thiophene rings is 2. The number of carbonyl (C=O) groups excluding carboxylic acids is 3. The average molecular weight is 419 g/mol. The van der Waals surface area contributed by atoms with Crippen molar-refractivity contribution in [1.29, 1.82) is 0 Å². The van der Waals surface area contributed by atoms with Crippen LogP contribution in [0.15, 0.2) is 12.1 Å². The Morgan fingerprint density at radius 1 is 1.04 bits per heavy atom. The minimum atomic E-state index is -0.404. The van der Waals surface area contributed by atoms with Gasteiger partial charge < -0.3 is 15.4 Å². The molecule has 1 fully saturated rings. The van der Waals surface area contributed by atoms with Gasteiger partial charge in [0.1, 0.15) is 5.00 Å². The van der Waals surface area contributed by atoms with Gasteiger partial charge in [0, 0.05) is 10.8 Å². The topological polar surface area (TPSA) is 84.5 Å². The van der Waals surface area contributed by atoms with Gasteiger partial charge in [-0.25, -0.2) is 4.79 Å². The van der Waals surface area contributed by atoms with Gasteiger partial charge in [-0.15, -0.1) is 22.7 Å². The number of amides is 2. The molecule has 4 rings (SSSR count). The zero-order chi connectivity index (χ0) is 19.7. The van der Waals surface area contributed by atoms with E-state index in [-0.39, 0.29) is 17.7 Å². The van der Waals surface area contributed by atoms with Crippen LogP contribution in [0.3, 0.4) is 0 Å². The first kappa shape index (κ1) is 19.1. The van der Waals surface area contributed by atoms with Crippen LogP contribution in [0.5, 0.6) is 0 Å². The minimum absolute atomic E-state index is 0.0174. The first-order chi connectivity index (χ1) is 13.6. The van der Waals surface area contributed by atoms with Crippen molar-refractivity contribution in [3.63, 3.8) is 0 Å². The van der Waals surface area contributed by atoms with Gasteiger partial charge in [-0.3, -0.25) is 9.59 Å². The van der Waals surface area contributed by atoms with Crippen LogP contribution >= 0.6 is 22.7 Å². The maximum absolute atomic E-state index is 12.7.